The molecular weight excluding hydrogens is 173 g/mol. The van der Waals surface area contributed by atoms with Crippen LogP contribution in [-0.2, 0) is 7.05 Å². The van der Waals surface area contributed by atoms with Crippen LogP contribution in [0.5, 0.6) is 0 Å². The van der Waals surface area contributed by atoms with Gasteiger partial charge in [-0.2, -0.15) is 0 Å². The number of fused-ring (bicyclic) bond motifs is 1. The number of benzene rings is 1. The molecule has 0 N–H and O–H groups in total. The number of rotatable bonds is 2. The van der Waals surface area contributed by atoms with Crippen molar-refractivity contribution in [1.29, 1.82) is 0 Å². The molecule has 2 nitrogen and oxygen atoms in total. The fourth-order valence-electron chi connectivity index (χ4n) is 1.69. The van der Waals surface area contributed by atoms with Gasteiger partial charge in [0.25, 0.3) is 0 Å². The van der Waals surface area contributed by atoms with Crippen molar-refractivity contribution in [1.82, 2.24) is 4.57 Å². The van der Waals surface area contributed by atoms with E-state index in [2.05, 4.69) is 0 Å². The van der Waals surface area contributed by atoms with Crippen molar-refractivity contribution in [2.45, 2.75) is 6.82 Å². The molecular formula is C11H11BNO. The van der Waals surface area contributed by atoms with Crippen LogP contribution in [0, 0.1) is 0 Å². The monoisotopic (exact) mass is 184 g/mol. The van der Waals surface area contributed by atoms with E-state index in [1.54, 1.807) is 14.1 Å². The molecule has 0 saturated carbocycles. The SMILES string of the molecule is C[B]C(=O)c1cn(C)c2ccccc12. The summed E-state index contributed by atoms with van der Waals surface area (Å²) in [6.45, 7) is 1.77. The van der Waals surface area contributed by atoms with Gasteiger partial charge in [-0.3, -0.25) is 0 Å². The summed E-state index contributed by atoms with van der Waals surface area (Å²) in [6.07, 6.45) is 1.88. The van der Waals surface area contributed by atoms with Gasteiger partial charge in [0.15, 0.2) is 0 Å². The number of aromatic nitrogens is 1. The molecule has 3 heteroatoms. The molecule has 0 fully saturated rings. The second-order valence-electron chi connectivity index (χ2n) is 3.32. The quantitative estimate of drug-likeness (QED) is 0.654. The van der Waals surface area contributed by atoms with Crippen LogP contribution in [0.25, 0.3) is 10.9 Å². The number of carbonyl (C=O) groups is 1. The molecule has 0 aliphatic heterocycles. The van der Waals surface area contributed by atoms with E-state index in [0.29, 0.717) is 0 Å². The lowest BCUT2D eigenvalue weighted by atomic mass is 9.73. The minimum Gasteiger partial charge on any atom is -0.350 e. The molecule has 14 heavy (non-hydrogen) atoms. The highest BCUT2D eigenvalue weighted by atomic mass is 16.1. The summed E-state index contributed by atoms with van der Waals surface area (Å²) in [4.78, 5) is 11.6. The minimum atomic E-state index is 0.0850. The third-order valence-corrected chi connectivity index (χ3v) is 2.42. The Bertz CT molecular complexity index is 487. The van der Waals surface area contributed by atoms with Gasteiger partial charge in [0.2, 0.25) is 7.28 Å². The molecule has 1 heterocycles. The van der Waals surface area contributed by atoms with Crippen molar-refractivity contribution in [3.63, 3.8) is 0 Å². The number of hydrogen-bond donors (Lipinski definition) is 0. The van der Waals surface area contributed by atoms with Crippen LogP contribution >= 0.6 is 0 Å². The van der Waals surface area contributed by atoms with Gasteiger partial charge in [-0.15, -0.1) is 0 Å². The van der Waals surface area contributed by atoms with Crippen molar-refractivity contribution in [3.8, 4) is 0 Å². The zero-order chi connectivity index (χ0) is 10.1. The first kappa shape index (κ1) is 9.07. The normalized spacial score (nSPS) is 10.4. The fourth-order valence-corrected chi connectivity index (χ4v) is 1.69. The van der Waals surface area contributed by atoms with E-state index in [0.717, 1.165) is 16.5 Å². The molecule has 2 rings (SSSR count). The standard InChI is InChI=1S/C11H11BNO/c1-12-11(14)9-7-13(2)10-6-4-3-5-8(9)10/h3-7H,1-2H3. The Labute approximate surface area is 83.8 Å². The summed E-state index contributed by atoms with van der Waals surface area (Å²) in [5.41, 5.74) is 1.96. The maximum Gasteiger partial charge on any atom is 0.205 e. The van der Waals surface area contributed by atoms with E-state index in [1.807, 2.05) is 42.1 Å². The molecule has 69 valence electrons. The lowest BCUT2D eigenvalue weighted by Gasteiger charge is -1.94. The van der Waals surface area contributed by atoms with Gasteiger partial charge < -0.3 is 9.36 Å². The van der Waals surface area contributed by atoms with Crippen LogP contribution < -0.4 is 0 Å². The van der Waals surface area contributed by atoms with E-state index in [9.17, 15) is 4.79 Å². The van der Waals surface area contributed by atoms with Gasteiger partial charge >= 0.3 is 0 Å². The zero-order valence-electron chi connectivity index (χ0n) is 8.32. The molecule has 0 amide bonds. The predicted octanol–water partition coefficient (Wildman–Crippen LogP) is 2.07. The Balaban J connectivity index is 2.72. The Kier molecular flexibility index (Phi) is 2.16. The largest absolute Gasteiger partial charge is 0.350 e. The molecule has 1 aromatic carbocycles. The fraction of sp³-hybridized carbons (Fsp3) is 0.182. The third-order valence-electron chi connectivity index (χ3n) is 2.42. The number of nitrogens with zero attached hydrogens (tertiary/aromatic N) is 1. The van der Waals surface area contributed by atoms with Crippen LogP contribution in [-0.4, -0.2) is 17.5 Å². The minimum absolute atomic E-state index is 0.0850. The Morgan fingerprint density at radius 2 is 2.07 bits per heavy atom. The summed E-state index contributed by atoms with van der Waals surface area (Å²) < 4.78 is 1.98. The van der Waals surface area contributed by atoms with Crippen molar-refractivity contribution in [2.75, 3.05) is 0 Å². The molecule has 0 spiro atoms. The number of para-hydroxylation sites is 1. The summed E-state index contributed by atoms with van der Waals surface area (Å²) in [6, 6.07) is 7.93. The number of aryl methyl sites for hydroxylation is 1. The van der Waals surface area contributed by atoms with Gasteiger partial charge in [0.05, 0.1) is 0 Å². The van der Waals surface area contributed by atoms with Gasteiger partial charge in [-0.05, 0) is 6.07 Å². The molecule has 0 saturated heterocycles. The Morgan fingerprint density at radius 1 is 1.36 bits per heavy atom. The molecule has 2 aromatic rings. The molecule has 0 aliphatic rings. The Hall–Kier alpha value is -1.51. The Morgan fingerprint density at radius 3 is 2.79 bits per heavy atom. The molecule has 0 aliphatic carbocycles. The molecule has 0 atom stereocenters. The van der Waals surface area contributed by atoms with E-state index in [4.69, 9.17) is 0 Å². The highest BCUT2D eigenvalue weighted by molar-refractivity contribution is 6.77. The molecule has 1 radical (unpaired) electrons. The van der Waals surface area contributed by atoms with E-state index >= 15 is 0 Å². The molecule has 0 bridgehead atoms. The first-order valence-corrected chi connectivity index (χ1v) is 4.62. The first-order chi connectivity index (χ1) is 6.74. The molecule has 0 unspecified atom stereocenters. The maximum atomic E-state index is 11.6. The van der Waals surface area contributed by atoms with Crippen molar-refractivity contribution < 1.29 is 4.79 Å². The van der Waals surface area contributed by atoms with Gasteiger partial charge in [-0.1, -0.05) is 25.0 Å². The van der Waals surface area contributed by atoms with Gasteiger partial charge in [0, 0.05) is 29.7 Å². The first-order valence-electron chi connectivity index (χ1n) is 4.62. The van der Waals surface area contributed by atoms with E-state index < -0.39 is 0 Å². The smallest absolute Gasteiger partial charge is 0.205 e. The average Bonchev–Trinajstić information content (AvgIpc) is 2.56. The third kappa shape index (κ3) is 1.25. The maximum absolute atomic E-state index is 11.6. The van der Waals surface area contributed by atoms with Crippen LogP contribution in [0.3, 0.4) is 0 Å². The summed E-state index contributed by atoms with van der Waals surface area (Å²) in [7, 11) is 3.55. The number of carbonyl (C=O) groups excluding carboxylic acids is 1. The van der Waals surface area contributed by atoms with Crippen molar-refractivity contribution >= 4 is 23.9 Å². The lowest BCUT2D eigenvalue weighted by molar-refractivity contribution is 0.107. The highest BCUT2D eigenvalue weighted by Gasteiger charge is 2.11. The summed E-state index contributed by atoms with van der Waals surface area (Å²) in [5, 5.41) is 1.03. The van der Waals surface area contributed by atoms with Crippen LogP contribution in [0.1, 0.15) is 10.4 Å². The lowest BCUT2D eigenvalue weighted by Crippen LogP contribution is -2.04. The van der Waals surface area contributed by atoms with Crippen LogP contribution in [0.2, 0.25) is 6.82 Å². The topological polar surface area (TPSA) is 22.0 Å². The number of hydrogen-bond acceptors (Lipinski definition) is 1. The highest BCUT2D eigenvalue weighted by Crippen LogP contribution is 2.20. The van der Waals surface area contributed by atoms with Crippen LogP contribution in [0.4, 0.5) is 0 Å². The van der Waals surface area contributed by atoms with Crippen molar-refractivity contribution in [2.24, 2.45) is 7.05 Å². The van der Waals surface area contributed by atoms with E-state index in [-0.39, 0.29) is 5.68 Å². The van der Waals surface area contributed by atoms with E-state index in [1.165, 1.54) is 0 Å². The van der Waals surface area contributed by atoms with Gasteiger partial charge in [0.1, 0.15) is 5.68 Å². The van der Waals surface area contributed by atoms with Gasteiger partial charge in [-0.25, -0.2) is 0 Å². The van der Waals surface area contributed by atoms with Crippen LogP contribution in [0.15, 0.2) is 30.5 Å². The predicted molar refractivity (Wildman–Crippen MR) is 58.9 cm³/mol. The van der Waals surface area contributed by atoms with Crippen molar-refractivity contribution in [3.05, 3.63) is 36.0 Å². The summed E-state index contributed by atoms with van der Waals surface area (Å²) >= 11 is 0. The average molecular weight is 184 g/mol. The second kappa shape index (κ2) is 3.33. The zero-order valence-corrected chi connectivity index (χ0v) is 8.32. The molecule has 1 aromatic heterocycles. The second-order valence-corrected chi connectivity index (χ2v) is 3.32. The summed E-state index contributed by atoms with van der Waals surface area (Å²) in [5.74, 6) is 0.